The van der Waals surface area contributed by atoms with Crippen molar-refractivity contribution in [1.82, 2.24) is 14.9 Å². The number of anilines is 4. The van der Waals surface area contributed by atoms with Crippen molar-refractivity contribution in [3.05, 3.63) is 35.7 Å². The van der Waals surface area contributed by atoms with Gasteiger partial charge in [-0.15, -0.1) is 0 Å². The van der Waals surface area contributed by atoms with E-state index in [0.717, 1.165) is 37.7 Å². The van der Waals surface area contributed by atoms with Crippen molar-refractivity contribution in [3.8, 4) is 0 Å². The molecule has 1 aliphatic rings. The molecule has 0 amide bonds. The fourth-order valence-corrected chi connectivity index (χ4v) is 3.08. The number of β-amino-alcohol motifs (C(OH)–C–C–N with tert-alkyl or cyclic N) is 1. The molecule has 3 rings (SSSR count). The van der Waals surface area contributed by atoms with Crippen LogP contribution in [0.15, 0.2) is 24.5 Å². The van der Waals surface area contributed by atoms with Crippen molar-refractivity contribution in [2.45, 2.75) is 13.8 Å². The van der Waals surface area contributed by atoms with Gasteiger partial charge in [0.2, 0.25) is 0 Å². The van der Waals surface area contributed by atoms with Crippen molar-refractivity contribution >= 4 is 23.0 Å². The fraction of sp³-hybridized carbons (Fsp3) is 0.444. The third kappa shape index (κ3) is 3.83. The first-order valence-corrected chi connectivity index (χ1v) is 8.62. The number of hydrogen-bond acceptors (Lipinski definition) is 7. The molecule has 0 atom stereocenters. The maximum atomic E-state index is 9.06. The number of aryl methyl sites for hydroxylation is 1. The molecule has 0 saturated carbocycles. The maximum Gasteiger partial charge on any atom is 0.159 e. The monoisotopic (exact) mass is 342 g/mol. The third-order valence-electron chi connectivity index (χ3n) is 4.81. The Morgan fingerprint density at radius 3 is 2.64 bits per heavy atom. The number of nitrogens with one attached hydrogen (secondary N) is 1. The van der Waals surface area contributed by atoms with Gasteiger partial charge in [0.15, 0.2) is 11.6 Å². The number of aromatic nitrogens is 2. The first-order valence-electron chi connectivity index (χ1n) is 8.62. The number of rotatable bonds is 5. The van der Waals surface area contributed by atoms with E-state index in [-0.39, 0.29) is 6.61 Å². The average Bonchev–Trinajstić information content (AvgIpc) is 2.62. The lowest BCUT2D eigenvalue weighted by Gasteiger charge is -2.35. The molecule has 7 heteroatoms. The Morgan fingerprint density at radius 2 is 1.92 bits per heavy atom. The minimum atomic E-state index is 0.194. The fourth-order valence-electron chi connectivity index (χ4n) is 3.08. The summed E-state index contributed by atoms with van der Waals surface area (Å²) in [7, 11) is 0. The SMILES string of the molecule is Cc1cccc(Nc2ncnc(N3CCN(CCO)CC3)c2N)c1C. The third-order valence-corrected chi connectivity index (χ3v) is 4.81. The number of nitrogens with two attached hydrogens (primary N) is 1. The molecule has 0 radical (unpaired) electrons. The summed E-state index contributed by atoms with van der Waals surface area (Å²) in [6, 6.07) is 6.13. The molecule has 0 bridgehead atoms. The van der Waals surface area contributed by atoms with Crippen molar-refractivity contribution in [3.63, 3.8) is 0 Å². The molecule has 0 spiro atoms. The van der Waals surface area contributed by atoms with E-state index in [9.17, 15) is 0 Å². The van der Waals surface area contributed by atoms with Crippen LogP contribution in [-0.4, -0.2) is 59.3 Å². The maximum absolute atomic E-state index is 9.06. The first-order chi connectivity index (χ1) is 12.1. The predicted molar refractivity (Wildman–Crippen MR) is 101 cm³/mol. The van der Waals surface area contributed by atoms with Crippen LogP contribution in [-0.2, 0) is 0 Å². The Balaban J connectivity index is 1.78. The van der Waals surface area contributed by atoms with E-state index in [4.69, 9.17) is 10.8 Å². The summed E-state index contributed by atoms with van der Waals surface area (Å²) in [5.74, 6) is 1.41. The standard InChI is InChI=1S/C18H26N6O/c1-13-4-3-5-15(14(13)2)22-17-16(19)18(21-12-20-17)24-8-6-23(7-9-24)10-11-25/h3-5,12,25H,6-11,19H2,1-2H3,(H,20,21,22). The van der Waals surface area contributed by atoms with E-state index < -0.39 is 0 Å². The molecule has 1 saturated heterocycles. The highest BCUT2D eigenvalue weighted by molar-refractivity contribution is 5.79. The quantitative estimate of drug-likeness (QED) is 0.759. The summed E-state index contributed by atoms with van der Waals surface area (Å²) in [4.78, 5) is 13.1. The summed E-state index contributed by atoms with van der Waals surface area (Å²) in [5, 5.41) is 12.4. The molecular formula is C18H26N6O. The van der Waals surface area contributed by atoms with Crippen LogP contribution in [0.1, 0.15) is 11.1 Å². The van der Waals surface area contributed by atoms with Crippen LogP contribution in [0.2, 0.25) is 0 Å². The van der Waals surface area contributed by atoms with E-state index in [0.29, 0.717) is 18.1 Å². The van der Waals surface area contributed by atoms with Gasteiger partial charge in [0.1, 0.15) is 12.0 Å². The van der Waals surface area contributed by atoms with Gasteiger partial charge < -0.3 is 21.1 Å². The van der Waals surface area contributed by atoms with E-state index in [2.05, 4.69) is 45.0 Å². The van der Waals surface area contributed by atoms with Crippen molar-refractivity contribution in [1.29, 1.82) is 0 Å². The summed E-state index contributed by atoms with van der Waals surface area (Å²) in [5.41, 5.74) is 10.3. The van der Waals surface area contributed by atoms with Gasteiger partial charge in [0.25, 0.3) is 0 Å². The van der Waals surface area contributed by atoms with Crippen LogP contribution in [0.25, 0.3) is 0 Å². The predicted octanol–water partition coefficient (Wildman–Crippen LogP) is 1.53. The smallest absolute Gasteiger partial charge is 0.159 e. The minimum absolute atomic E-state index is 0.194. The highest BCUT2D eigenvalue weighted by Crippen LogP contribution is 2.30. The molecule has 7 nitrogen and oxygen atoms in total. The van der Waals surface area contributed by atoms with Crippen molar-refractivity contribution < 1.29 is 5.11 Å². The number of hydrogen-bond donors (Lipinski definition) is 3. The molecule has 2 aromatic rings. The number of aliphatic hydroxyl groups excluding tert-OH is 1. The Labute approximate surface area is 148 Å². The van der Waals surface area contributed by atoms with E-state index >= 15 is 0 Å². The van der Waals surface area contributed by atoms with Crippen LogP contribution in [0.3, 0.4) is 0 Å². The van der Waals surface area contributed by atoms with Gasteiger partial charge in [-0.1, -0.05) is 12.1 Å². The topological polar surface area (TPSA) is 90.5 Å². The van der Waals surface area contributed by atoms with E-state index in [1.165, 1.54) is 11.1 Å². The zero-order chi connectivity index (χ0) is 17.8. The Hall–Kier alpha value is -2.38. The van der Waals surface area contributed by atoms with Crippen LogP contribution >= 0.6 is 0 Å². The lowest BCUT2D eigenvalue weighted by molar-refractivity contribution is 0.188. The summed E-state index contributed by atoms with van der Waals surface area (Å²) >= 11 is 0. The van der Waals surface area contributed by atoms with Crippen molar-refractivity contribution in [2.24, 2.45) is 0 Å². The summed E-state index contributed by atoms with van der Waals surface area (Å²) in [6.45, 7) is 8.53. The van der Waals surface area contributed by atoms with Crippen LogP contribution in [0.5, 0.6) is 0 Å². The normalized spacial score (nSPS) is 15.4. The highest BCUT2D eigenvalue weighted by atomic mass is 16.3. The molecule has 1 aromatic heterocycles. The molecule has 134 valence electrons. The number of nitrogens with zero attached hydrogens (tertiary/aromatic N) is 4. The Bertz CT molecular complexity index is 728. The molecule has 1 aliphatic heterocycles. The number of piperazine rings is 1. The van der Waals surface area contributed by atoms with Crippen molar-refractivity contribution in [2.75, 3.05) is 55.3 Å². The first kappa shape index (κ1) is 17.4. The lowest BCUT2D eigenvalue weighted by atomic mass is 10.1. The Morgan fingerprint density at radius 1 is 1.16 bits per heavy atom. The van der Waals surface area contributed by atoms with Gasteiger partial charge in [-0.3, -0.25) is 4.90 Å². The van der Waals surface area contributed by atoms with Crippen LogP contribution in [0, 0.1) is 13.8 Å². The van der Waals surface area contributed by atoms with Crippen LogP contribution in [0.4, 0.5) is 23.0 Å². The zero-order valence-electron chi connectivity index (χ0n) is 14.9. The minimum Gasteiger partial charge on any atom is -0.395 e. The number of benzene rings is 1. The molecular weight excluding hydrogens is 316 g/mol. The van der Waals surface area contributed by atoms with Gasteiger partial charge in [-0.05, 0) is 31.0 Å². The van der Waals surface area contributed by atoms with E-state index in [1.54, 1.807) is 6.33 Å². The van der Waals surface area contributed by atoms with E-state index in [1.807, 2.05) is 12.1 Å². The second-order valence-corrected chi connectivity index (χ2v) is 6.38. The van der Waals surface area contributed by atoms with Gasteiger partial charge in [0.05, 0.1) is 6.61 Å². The number of nitrogen functional groups attached to an aromatic ring is 1. The van der Waals surface area contributed by atoms with Gasteiger partial charge >= 0.3 is 0 Å². The van der Waals surface area contributed by atoms with Gasteiger partial charge in [-0.2, -0.15) is 0 Å². The molecule has 4 N–H and O–H groups in total. The number of aliphatic hydroxyl groups is 1. The zero-order valence-corrected chi connectivity index (χ0v) is 14.9. The lowest BCUT2D eigenvalue weighted by Crippen LogP contribution is -2.47. The molecule has 0 aliphatic carbocycles. The molecule has 2 heterocycles. The molecule has 25 heavy (non-hydrogen) atoms. The second kappa shape index (κ2) is 7.67. The van der Waals surface area contributed by atoms with Gasteiger partial charge in [0, 0.05) is 38.4 Å². The highest BCUT2D eigenvalue weighted by Gasteiger charge is 2.21. The molecule has 1 aromatic carbocycles. The molecule has 1 fully saturated rings. The average molecular weight is 342 g/mol. The Kier molecular flexibility index (Phi) is 5.35. The summed E-state index contributed by atoms with van der Waals surface area (Å²) < 4.78 is 0. The molecule has 0 unspecified atom stereocenters. The second-order valence-electron chi connectivity index (χ2n) is 6.38. The summed E-state index contributed by atoms with van der Waals surface area (Å²) in [6.07, 6.45) is 1.55. The largest absolute Gasteiger partial charge is 0.395 e. The van der Waals surface area contributed by atoms with Gasteiger partial charge in [-0.25, -0.2) is 9.97 Å². The van der Waals surface area contributed by atoms with Crippen LogP contribution < -0.4 is 16.0 Å².